The van der Waals surface area contributed by atoms with E-state index in [0.717, 1.165) is 25.4 Å². The summed E-state index contributed by atoms with van der Waals surface area (Å²) >= 11 is 0. The molecule has 0 aliphatic carbocycles. The number of unbranched alkanes of at least 4 members (excludes halogenated alkanes) is 1. The van der Waals surface area contributed by atoms with E-state index in [4.69, 9.17) is 0 Å². The minimum absolute atomic E-state index is 0.150. The Morgan fingerprint density at radius 1 is 1.33 bits per heavy atom. The summed E-state index contributed by atoms with van der Waals surface area (Å²) in [5.41, 5.74) is 0. The quantitative estimate of drug-likeness (QED) is 0.697. The molecule has 4 nitrogen and oxygen atoms in total. The average Bonchev–Trinajstić information content (AvgIpc) is 2.84. The van der Waals surface area contributed by atoms with Gasteiger partial charge in [-0.1, -0.05) is 13.3 Å². The molecular weight excluding hydrogens is 226 g/mol. The molecule has 0 radical (unpaired) electrons. The van der Waals surface area contributed by atoms with E-state index in [0.29, 0.717) is 12.6 Å². The first kappa shape index (κ1) is 13.8. The Kier molecular flexibility index (Phi) is 5.45. The van der Waals surface area contributed by atoms with Crippen molar-refractivity contribution >= 4 is 5.91 Å². The van der Waals surface area contributed by atoms with E-state index in [-0.39, 0.29) is 5.91 Å². The molecule has 1 amide bonds. The fraction of sp³-hybridized carbons (Fsp3) is 0.929. The molecule has 0 saturated carbocycles. The van der Waals surface area contributed by atoms with Crippen LogP contribution in [-0.2, 0) is 4.79 Å². The van der Waals surface area contributed by atoms with Crippen molar-refractivity contribution in [3.05, 3.63) is 0 Å². The number of nitrogens with one attached hydrogen (secondary N) is 2. The van der Waals surface area contributed by atoms with Gasteiger partial charge in [0.1, 0.15) is 0 Å². The zero-order valence-corrected chi connectivity index (χ0v) is 11.6. The summed E-state index contributed by atoms with van der Waals surface area (Å²) in [5, 5.41) is 6.38. The largest absolute Gasteiger partial charge is 0.355 e. The van der Waals surface area contributed by atoms with Crippen LogP contribution < -0.4 is 10.6 Å². The lowest BCUT2D eigenvalue weighted by atomic mass is 9.97. The molecule has 2 rings (SSSR count). The third-order valence-corrected chi connectivity index (χ3v) is 4.22. The van der Waals surface area contributed by atoms with Gasteiger partial charge in [-0.05, 0) is 45.2 Å². The van der Waals surface area contributed by atoms with Crippen LogP contribution in [0.5, 0.6) is 0 Å². The highest BCUT2D eigenvalue weighted by Gasteiger charge is 2.31. The van der Waals surface area contributed by atoms with Crippen molar-refractivity contribution in [3.8, 4) is 0 Å². The SMILES string of the molecule is CCCCNC(=O)CNC1CCN2CCCC2C1. The Morgan fingerprint density at radius 2 is 2.22 bits per heavy atom. The molecule has 0 spiro atoms. The van der Waals surface area contributed by atoms with E-state index in [1.165, 1.54) is 38.8 Å². The van der Waals surface area contributed by atoms with Crippen molar-refractivity contribution in [3.63, 3.8) is 0 Å². The second-order valence-corrected chi connectivity index (χ2v) is 5.64. The Balaban J connectivity index is 1.60. The Hall–Kier alpha value is -0.610. The highest BCUT2D eigenvalue weighted by molar-refractivity contribution is 5.77. The van der Waals surface area contributed by atoms with Crippen LogP contribution >= 0.6 is 0 Å². The number of carbonyl (C=O) groups excluding carboxylic acids is 1. The number of nitrogens with zero attached hydrogens (tertiary/aromatic N) is 1. The number of rotatable bonds is 6. The maximum atomic E-state index is 11.6. The van der Waals surface area contributed by atoms with Crippen LogP contribution in [0.25, 0.3) is 0 Å². The standard InChI is InChI=1S/C14H27N3O/c1-2-3-7-15-14(18)11-16-12-6-9-17-8-4-5-13(17)10-12/h12-13,16H,2-11H2,1H3,(H,15,18). The maximum Gasteiger partial charge on any atom is 0.233 e. The van der Waals surface area contributed by atoms with Crippen molar-refractivity contribution in [1.29, 1.82) is 0 Å². The number of fused-ring (bicyclic) bond motifs is 1. The number of amides is 1. The normalized spacial score (nSPS) is 28.1. The van der Waals surface area contributed by atoms with Gasteiger partial charge in [-0.25, -0.2) is 0 Å². The predicted molar refractivity (Wildman–Crippen MR) is 73.5 cm³/mol. The molecule has 0 aromatic rings. The molecule has 2 fully saturated rings. The lowest BCUT2D eigenvalue weighted by Crippen LogP contribution is -2.48. The molecule has 2 heterocycles. The summed E-state index contributed by atoms with van der Waals surface area (Å²) in [6.45, 7) is 5.94. The maximum absolute atomic E-state index is 11.6. The van der Waals surface area contributed by atoms with Gasteiger partial charge in [0, 0.05) is 18.6 Å². The summed E-state index contributed by atoms with van der Waals surface area (Å²) in [4.78, 5) is 14.2. The minimum Gasteiger partial charge on any atom is -0.355 e. The van der Waals surface area contributed by atoms with Gasteiger partial charge in [0.05, 0.1) is 6.54 Å². The highest BCUT2D eigenvalue weighted by Crippen LogP contribution is 2.26. The molecule has 0 aromatic carbocycles. The summed E-state index contributed by atoms with van der Waals surface area (Å²) < 4.78 is 0. The second-order valence-electron chi connectivity index (χ2n) is 5.64. The molecule has 0 bridgehead atoms. The predicted octanol–water partition coefficient (Wildman–Crippen LogP) is 1.12. The zero-order chi connectivity index (χ0) is 12.8. The third kappa shape index (κ3) is 3.95. The van der Waals surface area contributed by atoms with E-state index in [2.05, 4.69) is 22.5 Å². The molecule has 2 unspecified atom stereocenters. The van der Waals surface area contributed by atoms with E-state index in [9.17, 15) is 4.79 Å². The summed E-state index contributed by atoms with van der Waals surface area (Å²) in [7, 11) is 0. The minimum atomic E-state index is 0.150. The number of hydrogen-bond donors (Lipinski definition) is 2. The van der Waals surface area contributed by atoms with E-state index in [1.807, 2.05) is 0 Å². The molecule has 2 aliphatic heterocycles. The van der Waals surface area contributed by atoms with E-state index >= 15 is 0 Å². The van der Waals surface area contributed by atoms with Crippen molar-refractivity contribution in [2.24, 2.45) is 0 Å². The van der Waals surface area contributed by atoms with Crippen molar-refractivity contribution in [1.82, 2.24) is 15.5 Å². The second kappa shape index (κ2) is 7.10. The zero-order valence-electron chi connectivity index (χ0n) is 11.6. The van der Waals surface area contributed by atoms with Gasteiger partial charge in [0.25, 0.3) is 0 Å². The first-order valence-corrected chi connectivity index (χ1v) is 7.53. The van der Waals surface area contributed by atoms with Gasteiger partial charge in [-0.3, -0.25) is 4.79 Å². The van der Waals surface area contributed by atoms with Crippen molar-refractivity contribution in [2.75, 3.05) is 26.2 Å². The van der Waals surface area contributed by atoms with E-state index in [1.54, 1.807) is 0 Å². The van der Waals surface area contributed by atoms with Crippen LogP contribution in [-0.4, -0.2) is 49.1 Å². The smallest absolute Gasteiger partial charge is 0.233 e. The Bertz CT molecular complexity index is 270. The fourth-order valence-electron chi connectivity index (χ4n) is 3.11. The van der Waals surface area contributed by atoms with Gasteiger partial charge in [-0.15, -0.1) is 0 Å². The molecule has 4 heteroatoms. The van der Waals surface area contributed by atoms with Crippen molar-refractivity contribution in [2.45, 2.75) is 57.5 Å². The lowest BCUT2D eigenvalue weighted by molar-refractivity contribution is -0.120. The summed E-state index contributed by atoms with van der Waals surface area (Å²) in [5.74, 6) is 0.150. The number of piperidine rings is 1. The number of hydrogen-bond acceptors (Lipinski definition) is 3. The molecule has 104 valence electrons. The molecule has 0 aromatic heterocycles. The van der Waals surface area contributed by atoms with Crippen LogP contribution in [0.4, 0.5) is 0 Å². The van der Waals surface area contributed by atoms with Crippen LogP contribution in [0.2, 0.25) is 0 Å². The van der Waals surface area contributed by atoms with Crippen LogP contribution in [0, 0.1) is 0 Å². The lowest BCUT2D eigenvalue weighted by Gasteiger charge is -2.35. The monoisotopic (exact) mass is 253 g/mol. The Morgan fingerprint density at radius 3 is 3.06 bits per heavy atom. The first-order valence-electron chi connectivity index (χ1n) is 7.53. The van der Waals surface area contributed by atoms with Gasteiger partial charge in [0.15, 0.2) is 0 Å². The van der Waals surface area contributed by atoms with Gasteiger partial charge >= 0.3 is 0 Å². The fourth-order valence-corrected chi connectivity index (χ4v) is 3.11. The Labute approximate surface area is 110 Å². The van der Waals surface area contributed by atoms with Gasteiger partial charge in [0.2, 0.25) is 5.91 Å². The molecule has 2 aliphatic rings. The molecule has 18 heavy (non-hydrogen) atoms. The highest BCUT2D eigenvalue weighted by atomic mass is 16.1. The van der Waals surface area contributed by atoms with Crippen LogP contribution in [0.1, 0.15) is 45.4 Å². The first-order chi connectivity index (χ1) is 8.79. The third-order valence-electron chi connectivity index (χ3n) is 4.22. The molecular formula is C14H27N3O. The van der Waals surface area contributed by atoms with Gasteiger partial charge in [-0.2, -0.15) is 0 Å². The van der Waals surface area contributed by atoms with Crippen molar-refractivity contribution < 1.29 is 4.79 Å². The van der Waals surface area contributed by atoms with Crippen LogP contribution in [0.15, 0.2) is 0 Å². The van der Waals surface area contributed by atoms with E-state index < -0.39 is 0 Å². The van der Waals surface area contributed by atoms with Gasteiger partial charge < -0.3 is 15.5 Å². The molecule has 2 N–H and O–H groups in total. The van der Waals surface area contributed by atoms with Crippen LogP contribution in [0.3, 0.4) is 0 Å². The molecule has 2 saturated heterocycles. The molecule has 2 atom stereocenters. The summed E-state index contributed by atoms with van der Waals surface area (Å²) in [6, 6.07) is 1.32. The topological polar surface area (TPSA) is 44.4 Å². The average molecular weight is 253 g/mol. The summed E-state index contributed by atoms with van der Waals surface area (Å²) in [6.07, 6.45) is 7.33. The number of carbonyl (C=O) groups is 1.